The van der Waals surface area contributed by atoms with Crippen molar-refractivity contribution < 1.29 is 4.74 Å². The molecule has 1 heterocycles. The van der Waals surface area contributed by atoms with Crippen LogP contribution in [0.1, 0.15) is 37.3 Å². The topological polar surface area (TPSA) is 50.6 Å². The van der Waals surface area contributed by atoms with E-state index in [1.807, 2.05) is 18.2 Å². The van der Waals surface area contributed by atoms with Gasteiger partial charge in [0, 0.05) is 29.7 Å². The van der Waals surface area contributed by atoms with Gasteiger partial charge in [-0.1, -0.05) is 50.2 Å². The number of hydrogen-bond donors (Lipinski definition) is 2. The lowest BCUT2D eigenvalue weighted by atomic mass is 9.98. The Bertz CT molecular complexity index is 995. The number of fused-ring (bicyclic) bond motifs is 1. The van der Waals surface area contributed by atoms with Gasteiger partial charge in [-0.3, -0.25) is 5.43 Å². The van der Waals surface area contributed by atoms with Crippen LogP contribution in [-0.4, -0.2) is 29.5 Å². The van der Waals surface area contributed by atoms with Crippen molar-refractivity contribution in [2.24, 2.45) is 5.10 Å². The first-order valence-corrected chi connectivity index (χ1v) is 10.3. The van der Waals surface area contributed by atoms with Gasteiger partial charge in [0.25, 0.3) is 0 Å². The monoisotopic (exact) mass is 408 g/mol. The number of rotatable bonds is 8. The van der Waals surface area contributed by atoms with Crippen LogP contribution in [0.15, 0.2) is 59.8 Å². The molecule has 0 fully saturated rings. The molecule has 0 aliphatic rings. The van der Waals surface area contributed by atoms with E-state index in [0.29, 0.717) is 17.6 Å². The van der Waals surface area contributed by atoms with E-state index in [4.69, 9.17) is 17.0 Å². The maximum absolute atomic E-state index is 6.16. The quantitative estimate of drug-likeness (QED) is 0.323. The van der Waals surface area contributed by atoms with Crippen molar-refractivity contribution in [2.75, 3.05) is 13.7 Å². The van der Waals surface area contributed by atoms with Gasteiger partial charge in [0.05, 0.1) is 12.8 Å². The van der Waals surface area contributed by atoms with Gasteiger partial charge < -0.3 is 14.6 Å². The molecule has 0 radical (unpaired) electrons. The van der Waals surface area contributed by atoms with Crippen molar-refractivity contribution in [1.82, 2.24) is 15.3 Å². The average Bonchev–Trinajstić information content (AvgIpc) is 3.11. The van der Waals surface area contributed by atoms with Gasteiger partial charge in [0.1, 0.15) is 12.4 Å². The van der Waals surface area contributed by atoms with E-state index in [1.165, 1.54) is 5.56 Å². The highest BCUT2D eigenvalue weighted by atomic mass is 32.1. The van der Waals surface area contributed by atoms with E-state index >= 15 is 0 Å². The number of hydrazone groups is 1. The van der Waals surface area contributed by atoms with E-state index in [-0.39, 0.29) is 0 Å². The fourth-order valence-corrected chi connectivity index (χ4v) is 3.33. The third-order valence-corrected chi connectivity index (χ3v) is 5.36. The summed E-state index contributed by atoms with van der Waals surface area (Å²) in [6, 6.07) is 16.6. The lowest BCUT2D eigenvalue weighted by Gasteiger charge is -2.16. The lowest BCUT2D eigenvalue weighted by molar-refractivity contribution is 0.296. The summed E-state index contributed by atoms with van der Waals surface area (Å²) in [7, 11) is 1.76. The third-order valence-electron chi connectivity index (χ3n) is 5.07. The Kier molecular flexibility index (Phi) is 7.25. The molecule has 0 unspecified atom stereocenters. The minimum atomic E-state index is 0.484. The summed E-state index contributed by atoms with van der Waals surface area (Å²) in [5, 5.41) is 8.69. The molecule has 6 heteroatoms. The van der Waals surface area contributed by atoms with E-state index in [0.717, 1.165) is 35.2 Å². The number of hydrogen-bond acceptors (Lipinski definition) is 3. The predicted octanol–water partition coefficient (Wildman–Crippen LogP) is 4.66. The molecule has 0 bridgehead atoms. The van der Waals surface area contributed by atoms with Gasteiger partial charge in [-0.25, -0.2) is 0 Å². The zero-order chi connectivity index (χ0) is 20.6. The number of nitrogens with one attached hydrogen (secondary N) is 2. The molecule has 0 aliphatic heterocycles. The molecule has 3 aromatic rings. The van der Waals surface area contributed by atoms with Crippen LogP contribution in [0.3, 0.4) is 0 Å². The highest BCUT2D eigenvalue weighted by molar-refractivity contribution is 7.80. The third kappa shape index (κ3) is 5.15. The molecule has 29 heavy (non-hydrogen) atoms. The highest BCUT2D eigenvalue weighted by Crippen LogP contribution is 2.28. The Balaban J connectivity index is 1.74. The zero-order valence-electron chi connectivity index (χ0n) is 17.2. The van der Waals surface area contributed by atoms with Gasteiger partial charge in [0.15, 0.2) is 5.11 Å². The van der Waals surface area contributed by atoms with Crippen molar-refractivity contribution in [2.45, 2.75) is 32.7 Å². The normalized spacial score (nSPS) is 12.2. The number of benzene rings is 2. The van der Waals surface area contributed by atoms with Gasteiger partial charge >= 0.3 is 0 Å². The summed E-state index contributed by atoms with van der Waals surface area (Å²) in [6.45, 7) is 5.80. The summed E-state index contributed by atoms with van der Waals surface area (Å²) in [6.07, 6.45) is 4.99. The number of aromatic nitrogens is 1. The molecule has 1 aromatic heterocycles. The molecule has 5 nitrogen and oxygen atoms in total. The van der Waals surface area contributed by atoms with Crippen molar-refractivity contribution in [3.63, 3.8) is 0 Å². The molecule has 3 rings (SSSR count). The Labute approximate surface area is 177 Å². The zero-order valence-corrected chi connectivity index (χ0v) is 18.0. The molecule has 0 aliphatic carbocycles. The van der Waals surface area contributed by atoms with Crippen LogP contribution in [0.5, 0.6) is 5.75 Å². The Morgan fingerprint density at radius 2 is 1.97 bits per heavy atom. The number of thiocarbonyl (C=S) groups is 1. The van der Waals surface area contributed by atoms with Crippen molar-refractivity contribution >= 4 is 34.4 Å². The second kappa shape index (κ2) is 10.1. The fraction of sp³-hybridized carbons (Fsp3) is 0.304. The summed E-state index contributed by atoms with van der Waals surface area (Å²) in [5.74, 6) is 1.46. The van der Waals surface area contributed by atoms with Crippen LogP contribution in [0.25, 0.3) is 10.9 Å². The minimum Gasteiger partial charge on any atom is -0.491 e. The summed E-state index contributed by atoms with van der Waals surface area (Å²) < 4.78 is 8.36. The molecular formula is C23H28N4OS. The summed E-state index contributed by atoms with van der Waals surface area (Å²) in [5.41, 5.74) is 6.26. The standard InChI is InChI=1S/C23H28N4OS/c1-4-17(2)19-9-6-8-12-22(19)28-14-13-27-16-18(15-25-26-23(29)24-3)20-10-5-7-11-21(20)27/h5-12,15-17H,4,13-14H2,1-3H3,(H2,24,26,29)/b25-15-/t17-/m0/s1. The van der Waals surface area contributed by atoms with Crippen LogP contribution in [0, 0.1) is 0 Å². The Hall–Kier alpha value is -2.86. The van der Waals surface area contributed by atoms with Crippen molar-refractivity contribution in [1.29, 1.82) is 0 Å². The lowest BCUT2D eigenvalue weighted by Crippen LogP contribution is -2.28. The molecule has 2 N–H and O–H groups in total. The smallest absolute Gasteiger partial charge is 0.186 e. The molecule has 0 amide bonds. The highest BCUT2D eigenvalue weighted by Gasteiger charge is 2.10. The maximum atomic E-state index is 6.16. The summed E-state index contributed by atoms with van der Waals surface area (Å²) in [4.78, 5) is 0. The van der Waals surface area contributed by atoms with Gasteiger partial charge in [0.2, 0.25) is 0 Å². The van der Waals surface area contributed by atoms with Crippen molar-refractivity contribution in [3.05, 3.63) is 65.9 Å². The second-order valence-electron chi connectivity index (χ2n) is 6.94. The molecule has 152 valence electrons. The molecule has 2 aromatic carbocycles. The number of nitrogens with zero attached hydrogens (tertiary/aromatic N) is 2. The van der Waals surface area contributed by atoms with Crippen molar-refractivity contribution in [3.8, 4) is 5.75 Å². The predicted molar refractivity (Wildman–Crippen MR) is 125 cm³/mol. The Morgan fingerprint density at radius 1 is 1.21 bits per heavy atom. The van der Waals surface area contributed by atoms with Crippen LogP contribution in [0.4, 0.5) is 0 Å². The fourth-order valence-electron chi connectivity index (χ4n) is 3.27. The number of para-hydroxylation sites is 2. The number of ether oxygens (including phenoxy) is 1. The van der Waals surface area contributed by atoms with Gasteiger partial charge in [-0.05, 0) is 42.3 Å². The first-order chi connectivity index (χ1) is 14.1. The molecule has 0 spiro atoms. The minimum absolute atomic E-state index is 0.484. The largest absolute Gasteiger partial charge is 0.491 e. The van der Waals surface area contributed by atoms with E-state index < -0.39 is 0 Å². The maximum Gasteiger partial charge on any atom is 0.186 e. The van der Waals surface area contributed by atoms with Crippen LogP contribution in [-0.2, 0) is 6.54 Å². The van der Waals surface area contributed by atoms with Gasteiger partial charge in [-0.15, -0.1) is 0 Å². The molecule has 1 atom stereocenters. The first kappa shape index (κ1) is 20.9. The van der Waals surface area contributed by atoms with E-state index in [2.05, 4.69) is 70.8 Å². The van der Waals surface area contributed by atoms with Crippen LogP contribution in [0.2, 0.25) is 0 Å². The summed E-state index contributed by atoms with van der Waals surface area (Å²) >= 11 is 5.06. The SMILES string of the molecule is CC[C@H](C)c1ccccc1OCCn1cc(/C=N\NC(=S)NC)c2ccccc21. The van der Waals surface area contributed by atoms with Crippen LogP contribution < -0.4 is 15.5 Å². The van der Waals surface area contributed by atoms with E-state index in [1.54, 1.807) is 13.3 Å². The molecule has 0 saturated heterocycles. The molecule has 0 saturated carbocycles. The second-order valence-corrected chi connectivity index (χ2v) is 7.35. The van der Waals surface area contributed by atoms with E-state index in [9.17, 15) is 0 Å². The van der Waals surface area contributed by atoms with Gasteiger partial charge in [-0.2, -0.15) is 5.10 Å². The average molecular weight is 409 g/mol. The molecular weight excluding hydrogens is 380 g/mol. The van der Waals surface area contributed by atoms with Crippen LogP contribution >= 0.6 is 12.2 Å². The Morgan fingerprint density at radius 3 is 2.76 bits per heavy atom. The first-order valence-electron chi connectivity index (χ1n) is 9.94.